The number of imidazole rings is 1. The van der Waals surface area contributed by atoms with Crippen LogP contribution in [0.3, 0.4) is 0 Å². The molecule has 0 bridgehead atoms. The van der Waals surface area contributed by atoms with Gasteiger partial charge in [-0.1, -0.05) is 29.7 Å². The maximum Gasteiger partial charge on any atom is 0.279 e. The van der Waals surface area contributed by atoms with Crippen LogP contribution in [0.2, 0.25) is 5.02 Å². The van der Waals surface area contributed by atoms with Crippen LogP contribution in [0.4, 0.5) is 0 Å². The monoisotopic (exact) mass is 355 g/mol. The summed E-state index contributed by atoms with van der Waals surface area (Å²) in [6, 6.07) is 5.33. The number of nitrogens with zero attached hydrogens (tertiary/aromatic N) is 5. The quantitative estimate of drug-likeness (QED) is 0.407. The van der Waals surface area contributed by atoms with Crippen molar-refractivity contribution in [3.8, 4) is 11.6 Å². The zero-order valence-corrected chi connectivity index (χ0v) is 14.4. The van der Waals surface area contributed by atoms with Crippen molar-refractivity contribution >= 4 is 28.2 Å². The number of para-hydroxylation sites is 1. The van der Waals surface area contributed by atoms with E-state index < -0.39 is 0 Å². The van der Waals surface area contributed by atoms with Gasteiger partial charge in [0.2, 0.25) is 5.69 Å². The van der Waals surface area contributed by atoms with Crippen LogP contribution in [0.25, 0.3) is 28.1 Å². The first-order chi connectivity index (χ1) is 12.0. The van der Waals surface area contributed by atoms with E-state index in [-0.39, 0.29) is 5.41 Å². The molecule has 0 atom stereocenters. The Morgan fingerprint density at radius 2 is 2.16 bits per heavy atom. The fourth-order valence-corrected chi connectivity index (χ4v) is 3.42. The summed E-state index contributed by atoms with van der Waals surface area (Å²) in [6.45, 7) is 3.84. The first kappa shape index (κ1) is 14.7. The van der Waals surface area contributed by atoms with E-state index >= 15 is 0 Å². The molecule has 0 N–H and O–H groups in total. The molecule has 3 aromatic heterocycles. The summed E-state index contributed by atoms with van der Waals surface area (Å²) in [4.78, 5) is 8.95. The molecule has 4 aromatic rings. The number of aromatic nitrogens is 5. The van der Waals surface area contributed by atoms with Crippen molar-refractivity contribution in [3.05, 3.63) is 46.3 Å². The molecule has 126 valence electrons. The molecule has 0 radical (unpaired) electrons. The van der Waals surface area contributed by atoms with Crippen molar-refractivity contribution < 1.29 is 9.25 Å². The summed E-state index contributed by atoms with van der Waals surface area (Å²) < 4.78 is 8.11. The SMILES string of the molecule is Cc1c2c(-c3nc(C4(C)CC4)no3)ncn2c2cccc(Cl)c2[n+]1[O-]. The highest BCUT2D eigenvalue weighted by atomic mass is 35.5. The minimum absolute atomic E-state index is 0.00496. The molecule has 0 amide bonds. The van der Waals surface area contributed by atoms with E-state index in [4.69, 9.17) is 16.1 Å². The van der Waals surface area contributed by atoms with Gasteiger partial charge in [-0.2, -0.15) is 9.71 Å². The van der Waals surface area contributed by atoms with Gasteiger partial charge in [0, 0.05) is 12.3 Å². The molecule has 1 aliphatic carbocycles. The van der Waals surface area contributed by atoms with Gasteiger partial charge in [0.15, 0.2) is 11.5 Å². The molecular formula is C17H14ClN5O2. The minimum atomic E-state index is 0.00496. The molecule has 1 aromatic carbocycles. The van der Waals surface area contributed by atoms with Crippen molar-refractivity contribution in [3.63, 3.8) is 0 Å². The van der Waals surface area contributed by atoms with Crippen LogP contribution in [-0.2, 0) is 5.41 Å². The Morgan fingerprint density at radius 1 is 1.36 bits per heavy atom. The van der Waals surface area contributed by atoms with Gasteiger partial charge in [-0.15, -0.1) is 0 Å². The van der Waals surface area contributed by atoms with E-state index in [2.05, 4.69) is 22.0 Å². The first-order valence-electron chi connectivity index (χ1n) is 8.01. The van der Waals surface area contributed by atoms with E-state index in [0.29, 0.717) is 44.7 Å². The van der Waals surface area contributed by atoms with Gasteiger partial charge in [-0.05, 0) is 25.0 Å². The van der Waals surface area contributed by atoms with Gasteiger partial charge in [-0.25, -0.2) is 4.98 Å². The van der Waals surface area contributed by atoms with Crippen LogP contribution < -0.4 is 4.73 Å². The summed E-state index contributed by atoms with van der Waals surface area (Å²) in [5, 5.41) is 17.2. The Hall–Kier alpha value is -2.67. The third kappa shape index (κ3) is 1.93. The molecule has 1 saturated carbocycles. The van der Waals surface area contributed by atoms with Crippen LogP contribution in [0.15, 0.2) is 29.0 Å². The fourth-order valence-electron chi connectivity index (χ4n) is 3.17. The van der Waals surface area contributed by atoms with Crippen LogP contribution in [0, 0.1) is 12.1 Å². The zero-order valence-electron chi connectivity index (χ0n) is 13.7. The van der Waals surface area contributed by atoms with Crippen molar-refractivity contribution in [1.82, 2.24) is 19.5 Å². The molecule has 7 nitrogen and oxygen atoms in total. The van der Waals surface area contributed by atoms with Gasteiger partial charge in [0.05, 0.1) is 0 Å². The molecule has 0 unspecified atom stereocenters. The van der Waals surface area contributed by atoms with Crippen molar-refractivity contribution in [2.75, 3.05) is 0 Å². The Kier molecular flexibility index (Phi) is 2.75. The van der Waals surface area contributed by atoms with E-state index in [0.717, 1.165) is 17.6 Å². The molecule has 3 heterocycles. The number of rotatable bonds is 2. The van der Waals surface area contributed by atoms with Crippen LogP contribution in [0.1, 0.15) is 31.3 Å². The molecule has 1 aliphatic rings. The topological polar surface area (TPSA) is 83.2 Å². The van der Waals surface area contributed by atoms with Gasteiger partial charge in [-0.3, -0.25) is 4.40 Å². The molecule has 5 rings (SSSR count). The Balaban J connectivity index is 1.81. The van der Waals surface area contributed by atoms with E-state index in [1.54, 1.807) is 25.4 Å². The number of hydrogen-bond acceptors (Lipinski definition) is 5. The van der Waals surface area contributed by atoms with Gasteiger partial charge >= 0.3 is 0 Å². The molecule has 0 saturated heterocycles. The largest absolute Gasteiger partial charge is 0.618 e. The maximum atomic E-state index is 12.7. The van der Waals surface area contributed by atoms with Crippen LogP contribution >= 0.6 is 11.6 Å². The smallest absolute Gasteiger partial charge is 0.279 e. The van der Waals surface area contributed by atoms with Crippen molar-refractivity contribution in [2.24, 2.45) is 0 Å². The highest BCUT2D eigenvalue weighted by Gasteiger charge is 2.44. The summed E-state index contributed by atoms with van der Waals surface area (Å²) in [7, 11) is 0. The lowest BCUT2D eigenvalue weighted by atomic mass is 10.1. The number of benzene rings is 1. The highest BCUT2D eigenvalue weighted by molar-refractivity contribution is 6.34. The van der Waals surface area contributed by atoms with Gasteiger partial charge < -0.3 is 9.73 Å². The van der Waals surface area contributed by atoms with Crippen LogP contribution in [0.5, 0.6) is 0 Å². The second-order valence-corrected chi connectivity index (χ2v) is 7.19. The lowest BCUT2D eigenvalue weighted by molar-refractivity contribution is -0.583. The number of halogens is 1. The predicted molar refractivity (Wildman–Crippen MR) is 91.3 cm³/mol. The predicted octanol–water partition coefficient (Wildman–Crippen LogP) is 3.18. The molecule has 8 heteroatoms. The molecule has 1 fully saturated rings. The summed E-state index contributed by atoms with van der Waals surface area (Å²) in [5.41, 5.74) is 2.72. The average molecular weight is 356 g/mol. The summed E-state index contributed by atoms with van der Waals surface area (Å²) in [6.07, 6.45) is 3.76. The summed E-state index contributed by atoms with van der Waals surface area (Å²) in [5.74, 6) is 1.02. The normalized spacial score (nSPS) is 16.0. The van der Waals surface area contributed by atoms with Crippen LogP contribution in [-0.4, -0.2) is 19.5 Å². The van der Waals surface area contributed by atoms with Gasteiger partial charge in [0.1, 0.15) is 22.4 Å². The van der Waals surface area contributed by atoms with E-state index in [1.807, 2.05) is 10.5 Å². The van der Waals surface area contributed by atoms with Crippen molar-refractivity contribution in [2.45, 2.75) is 32.1 Å². The van der Waals surface area contributed by atoms with E-state index in [9.17, 15) is 5.21 Å². The fraction of sp³-hybridized carbons (Fsp3) is 0.294. The Labute approximate surface area is 147 Å². The number of hydrogen-bond donors (Lipinski definition) is 0. The third-order valence-electron chi connectivity index (χ3n) is 5.01. The second-order valence-electron chi connectivity index (χ2n) is 6.78. The Morgan fingerprint density at radius 3 is 2.92 bits per heavy atom. The summed E-state index contributed by atoms with van der Waals surface area (Å²) >= 11 is 6.22. The lowest BCUT2D eigenvalue weighted by Crippen LogP contribution is -2.32. The molecular weight excluding hydrogens is 342 g/mol. The molecule has 0 aliphatic heterocycles. The van der Waals surface area contributed by atoms with E-state index in [1.165, 1.54) is 0 Å². The van der Waals surface area contributed by atoms with Gasteiger partial charge in [0.25, 0.3) is 11.4 Å². The zero-order chi connectivity index (χ0) is 17.3. The number of fused-ring (bicyclic) bond motifs is 3. The first-order valence-corrected chi connectivity index (χ1v) is 8.39. The third-order valence-corrected chi connectivity index (χ3v) is 5.32. The maximum absolute atomic E-state index is 12.7. The number of aryl methyl sites for hydroxylation is 1. The second kappa shape index (κ2) is 4.70. The Bertz CT molecular complexity index is 1160. The van der Waals surface area contributed by atoms with Crippen molar-refractivity contribution in [1.29, 1.82) is 0 Å². The lowest BCUT2D eigenvalue weighted by Gasteiger charge is -2.09. The minimum Gasteiger partial charge on any atom is -0.618 e. The standard InChI is InChI=1S/C17H14ClN5O2/c1-9-13-12(15-20-16(21-25-15)17(2)6-7-17)19-8-22(13)11-5-3-4-10(18)14(11)23(9)24/h3-5,8H,6-7H2,1-2H3. The average Bonchev–Trinajstić information content (AvgIpc) is 3.04. The highest BCUT2D eigenvalue weighted by Crippen LogP contribution is 2.46. The molecule has 25 heavy (non-hydrogen) atoms. The molecule has 0 spiro atoms.